The number of benzene rings is 1. The highest BCUT2D eigenvalue weighted by Gasteiger charge is 2.25. The Morgan fingerprint density at radius 2 is 1.69 bits per heavy atom. The molecule has 1 saturated carbocycles. The molecule has 0 amide bonds. The van der Waals surface area contributed by atoms with Gasteiger partial charge < -0.3 is 5.32 Å². The number of thioether (sulfide) groups is 1. The predicted octanol–water partition coefficient (Wildman–Crippen LogP) is 4.54. The van der Waals surface area contributed by atoms with Crippen molar-refractivity contribution in [3.8, 4) is 0 Å². The number of rotatable bonds is 3. The van der Waals surface area contributed by atoms with E-state index in [9.17, 15) is 0 Å². The maximum absolute atomic E-state index is 3.70. The summed E-state index contributed by atoms with van der Waals surface area (Å²) in [7, 11) is 0. The van der Waals surface area contributed by atoms with Gasteiger partial charge in [0.15, 0.2) is 0 Å². The molecule has 0 spiro atoms. The number of nitrogens with one attached hydrogen (secondary N) is 1. The standard InChI is InChI=1S/C14H21NS/c1-14(10-4-3-5-11-14)15-12-6-8-13(16-2)9-7-12/h6-9,15H,3-5,10-11H2,1-2H3. The van der Waals surface area contributed by atoms with Crippen LogP contribution in [0.4, 0.5) is 5.69 Å². The molecular weight excluding hydrogens is 214 g/mol. The Labute approximate surface area is 103 Å². The van der Waals surface area contributed by atoms with Gasteiger partial charge in [-0.25, -0.2) is 0 Å². The molecule has 0 aromatic heterocycles. The largest absolute Gasteiger partial charge is 0.380 e. The van der Waals surface area contributed by atoms with Gasteiger partial charge in [0.25, 0.3) is 0 Å². The minimum atomic E-state index is 0.319. The lowest BCUT2D eigenvalue weighted by atomic mass is 9.83. The average molecular weight is 235 g/mol. The topological polar surface area (TPSA) is 12.0 Å². The highest BCUT2D eigenvalue weighted by molar-refractivity contribution is 7.98. The first-order valence-corrected chi connectivity index (χ1v) is 7.37. The molecule has 0 saturated heterocycles. The molecule has 1 aromatic carbocycles. The Hall–Kier alpha value is -0.630. The summed E-state index contributed by atoms with van der Waals surface area (Å²) in [5.74, 6) is 0. The molecule has 1 nitrogen and oxygen atoms in total. The fourth-order valence-corrected chi connectivity index (χ4v) is 2.89. The minimum absolute atomic E-state index is 0.319. The minimum Gasteiger partial charge on any atom is -0.380 e. The lowest BCUT2D eigenvalue weighted by Crippen LogP contribution is -2.36. The summed E-state index contributed by atoms with van der Waals surface area (Å²) in [6.07, 6.45) is 8.86. The van der Waals surface area contributed by atoms with Gasteiger partial charge in [0.05, 0.1) is 0 Å². The molecule has 0 atom stereocenters. The monoisotopic (exact) mass is 235 g/mol. The van der Waals surface area contributed by atoms with Crippen LogP contribution in [0.5, 0.6) is 0 Å². The van der Waals surface area contributed by atoms with E-state index in [1.165, 1.54) is 42.7 Å². The molecule has 16 heavy (non-hydrogen) atoms. The quantitative estimate of drug-likeness (QED) is 0.772. The lowest BCUT2D eigenvalue weighted by Gasteiger charge is -2.35. The summed E-state index contributed by atoms with van der Waals surface area (Å²) in [6, 6.07) is 8.79. The zero-order valence-electron chi connectivity index (χ0n) is 10.3. The van der Waals surface area contributed by atoms with E-state index in [1.807, 2.05) is 0 Å². The molecule has 2 heteroatoms. The lowest BCUT2D eigenvalue weighted by molar-refractivity contribution is 0.349. The summed E-state index contributed by atoms with van der Waals surface area (Å²) in [4.78, 5) is 1.33. The van der Waals surface area contributed by atoms with Crippen molar-refractivity contribution in [1.82, 2.24) is 0 Å². The van der Waals surface area contributed by atoms with Crippen molar-refractivity contribution >= 4 is 17.4 Å². The number of hydrogen-bond acceptors (Lipinski definition) is 2. The molecule has 0 unspecified atom stereocenters. The fourth-order valence-electron chi connectivity index (χ4n) is 2.48. The van der Waals surface area contributed by atoms with Gasteiger partial charge in [0.2, 0.25) is 0 Å². The van der Waals surface area contributed by atoms with E-state index >= 15 is 0 Å². The Bertz CT molecular complexity index is 325. The van der Waals surface area contributed by atoms with Gasteiger partial charge in [-0.2, -0.15) is 0 Å². The van der Waals surface area contributed by atoms with Gasteiger partial charge >= 0.3 is 0 Å². The van der Waals surface area contributed by atoms with Crippen LogP contribution in [0.1, 0.15) is 39.0 Å². The second-order valence-corrected chi connectivity index (χ2v) is 5.85. The number of anilines is 1. The van der Waals surface area contributed by atoms with E-state index in [4.69, 9.17) is 0 Å². The zero-order chi connectivity index (χ0) is 11.4. The molecule has 0 heterocycles. The Balaban J connectivity index is 2.01. The van der Waals surface area contributed by atoms with Crippen LogP contribution in [0.15, 0.2) is 29.2 Å². The first-order valence-electron chi connectivity index (χ1n) is 6.14. The van der Waals surface area contributed by atoms with Crippen LogP contribution in [0.25, 0.3) is 0 Å². The Morgan fingerprint density at radius 3 is 2.25 bits per heavy atom. The third-order valence-corrected chi connectivity index (χ3v) is 4.24. The van der Waals surface area contributed by atoms with Crippen molar-refractivity contribution < 1.29 is 0 Å². The van der Waals surface area contributed by atoms with Crippen molar-refractivity contribution in [3.05, 3.63) is 24.3 Å². The van der Waals surface area contributed by atoms with Gasteiger partial charge in [-0.3, -0.25) is 0 Å². The van der Waals surface area contributed by atoms with Crippen LogP contribution in [-0.4, -0.2) is 11.8 Å². The molecular formula is C14H21NS. The summed E-state index contributed by atoms with van der Waals surface area (Å²) < 4.78 is 0. The van der Waals surface area contributed by atoms with Crippen molar-refractivity contribution in [1.29, 1.82) is 0 Å². The predicted molar refractivity (Wildman–Crippen MR) is 73.3 cm³/mol. The van der Waals surface area contributed by atoms with Gasteiger partial charge in [-0.05, 0) is 50.3 Å². The highest BCUT2D eigenvalue weighted by Crippen LogP contribution is 2.31. The van der Waals surface area contributed by atoms with E-state index in [0.29, 0.717) is 5.54 Å². The molecule has 0 aliphatic heterocycles. The molecule has 1 aliphatic rings. The fraction of sp³-hybridized carbons (Fsp3) is 0.571. The summed E-state index contributed by atoms with van der Waals surface area (Å²) in [5.41, 5.74) is 1.58. The third-order valence-electron chi connectivity index (χ3n) is 3.49. The van der Waals surface area contributed by atoms with Gasteiger partial charge in [-0.15, -0.1) is 11.8 Å². The number of hydrogen-bond donors (Lipinski definition) is 1. The third kappa shape index (κ3) is 2.94. The van der Waals surface area contributed by atoms with Crippen LogP contribution in [0.3, 0.4) is 0 Å². The Morgan fingerprint density at radius 1 is 1.06 bits per heavy atom. The second-order valence-electron chi connectivity index (χ2n) is 4.97. The van der Waals surface area contributed by atoms with E-state index in [0.717, 1.165) is 0 Å². The smallest absolute Gasteiger partial charge is 0.0345 e. The molecule has 0 bridgehead atoms. The second kappa shape index (κ2) is 5.13. The maximum atomic E-state index is 3.70. The normalized spacial score (nSPS) is 19.4. The van der Waals surface area contributed by atoms with Crippen LogP contribution in [0, 0.1) is 0 Å². The Kier molecular flexibility index (Phi) is 3.80. The summed E-state index contributed by atoms with van der Waals surface area (Å²) >= 11 is 1.79. The van der Waals surface area contributed by atoms with Crippen LogP contribution in [-0.2, 0) is 0 Å². The van der Waals surface area contributed by atoms with E-state index in [2.05, 4.69) is 42.8 Å². The van der Waals surface area contributed by atoms with Gasteiger partial charge in [-0.1, -0.05) is 19.3 Å². The first kappa shape index (κ1) is 11.8. The van der Waals surface area contributed by atoms with Crippen LogP contribution >= 0.6 is 11.8 Å². The van der Waals surface area contributed by atoms with Crippen molar-refractivity contribution in [2.24, 2.45) is 0 Å². The summed E-state index contributed by atoms with van der Waals surface area (Å²) in [5, 5.41) is 3.70. The maximum Gasteiger partial charge on any atom is 0.0345 e. The molecule has 2 rings (SSSR count). The van der Waals surface area contributed by atoms with Crippen LogP contribution in [0.2, 0.25) is 0 Å². The van der Waals surface area contributed by atoms with Crippen LogP contribution < -0.4 is 5.32 Å². The molecule has 88 valence electrons. The van der Waals surface area contributed by atoms with Crippen molar-refractivity contribution in [2.75, 3.05) is 11.6 Å². The first-order chi connectivity index (χ1) is 7.72. The highest BCUT2D eigenvalue weighted by atomic mass is 32.2. The molecule has 1 aliphatic carbocycles. The van der Waals surface area contributed by atoms with E-state index < -0.39 is 0 Å². The average Bonchev–Trinajstić information content (AvgIpc) is 2.30. The molecule has 1 fully saturated rings. The SMILES string of the molecule is CSc1ccc(NC2(C)CCCCC2)cc1. The van der Waals surface area contributed by atoms with E-state index in [-0.39, 0.29) is 0 Å². The van der Waals surface area contributed by atoms with Gasteiger partial charge in [0, 0.05) is 16.1 Å². The van der Waals surface area contributed by atoms with Crippen molar-refractivity contribution in [3.63, 3.8) is 0 Å². The van der Waals surface area contributed by atoms with E-state index in [1.54, 1.807) is 11.8 Å². The zero-order valence-corrected chi connectivity index (χ0v) is 11.1. The van der Waals surface area contributed by atoms with Crippen molar-refractivity contribution in [2.45, 2.75) is 49.5 Å². The molecule has 0 radical (unpaired) electrons. The molecule has 1 N–H and O–H groups in total. The molecule has 1 aromatic rings. The summed E-state index contributed by atoms with van der Waals surface area (Å²) in [6.45, 7) is 2.36. The van der Waals surface area contributed by atoms with Gasteiger partial charge in [0.1, 0.15) is 0 Å².